The van der Waals surface area contributed by atoms with Gasteiger partial charge in [0, 0.05) is 30.3 Å². The van der Waals surface area contributed by atoms with E-state index in [0.717, 1.165) is 11.0 Å². The summed E-state index contributed by atoms with van der Waals surface area (Å²) in [5.74, 6) is 1.98. The summed E-state index contributed by atoms with van der Waals surface area (Å²) < 4.78 is 16.7. The molecule has 0 bridgehead atoms. The number of benzene rings is 1. The first-order chi connectivity index (χ1) is 17.0. The van der Waals surface area contributed by atoms with Gasteiger partial charge in [-0.25, -0.2) is 4.98 Å². The van der Waals surface area contributed by atoms with Crippen molar-refractivity contribution in [3.63, 3.8) is 0 Å². The fourth-order valence-corrected chi connectivity index (χ4v) is 3.50. The van der Waals surface area contributed by atoms with E-state index in [2.05, 4.69) is 21.9 Å². The third-order valence-electron chi connectivity index (χ3n) is 5.02. The molecule has 0 saturated heterocycles. The van der Waals surface area contributed by atoms with Gasteiger partial charge in [0.25, 0.3) is 0 Å². The molecular formula is C27H30N4O4. The summed E-state index contributed by atoms with van der Waals surface area (Å²) in [7, 11) is 5.04. The van der Waals surface area contributed by atoms with Crippen LogP contribution in [0.3, 0.4) is 0 Å². The normalized spacial score (nSPS) is 11.6. The maximum Gasteiger partial charge on any atom is 0.238 e. The number of methoxy groups -OCH3 is 2. The molecule has 0 fully saturated rings. The van der Waals surface area contributed by atoms with E-state index in [4.69, 9.17) is 14.2 Å². The Bertz CT molecular complexity index is 1240. The Hall–Kier alpha value is -4.17. The Labute approximate surface area is 205 Å². The largest absolute Gasteiger partial charge is 0.493 e. The van der Waals surface area contributed by atoms with Gasteiger partial charge in [-0.3, -0.25) is 14.7 Å². The zero-order valence-electron chi connectivity index (χ0n) is 20.4. The Kier molecular flexibility index (Phi) is 8.97. The topological polar surface area (TPSA) is 85.8 Å². The van der Waals surface area contributed by atoms with Crippen LogP contribution in [-0.2, 0) is 4.79 Å². The standard InChI is InChI=1S/C27H30N4O4/c1-6-8-19(9-7-2)17-31(3)18-26(32)30-20-10-11-27(29-16-20)35-23-12-13-28-22-15-25(34-5)24(33-4)14-21(22)23/h6-16H,1,17-18H2,2-5H3,(H,30,32)/b9-7-,19-8+. The molecule has 182 valence electrons. The number of aromatic nitrogens is 2. The van der Waals surface area contributed by atoms with Crippen molar-refractivity contribution < 1.29 is 19.0 Å². The Balaban J connectivity index is 1.65. The number of carbonyl (C=O) groups is 1. The molecule has 0 aliphatic heterocycles. The minimum absolute atomic E-state index is 0.137. The van der Waals surface area contributed by atoms with Crippen LogP contribution in [0.5, 0.6) is 23.1 Å². The van der Waals surface area contributed by atoms with Crippen LogP contribution < -0.4 is 19.5 Å². The Morgan fingerprint density at radius 1 is 1.09 bits per heavy atom. The summed E-state index contributed by atoms with van der Waals surface area (Å²) in [6, 6.07) is 8.80. The molecule has 1 N–H and O–H groups in total. The van der Waals surface area contributed by atoms with Crippen molar-refractivity contribution in [2.75, 3.05) is 39.7 Å². The predicted octanol–water partition coefficient (Wildman–Crippen LogP) is 5.00. The van der Waals surface area contributed by atoms with E-state index >= 15 is 0 Å². The average molecular weight is 475 g/mol. The van der Waals surface area contributed by atoms with Gasteiger partial charge in [0.2, 0.25) is 11.8 Å². The number of ether oxygens (including phenoxy) is 3. The van der Waals surface area contributed by atoms with Crippen molar-refractivity contribution in [1.82, 2.24) is 14.9 Å². The third-order valence-corrected chi connectivity index (χ3v) is 5.02. The number of anilines is 1. The number of hydrogen-bond donors (Lipinski definition) is 1. The molecule has 35 heavy (non-hydrogen) atoms. The summed E-state index contributed by atoms with van der Waals surface area (Å²) >= 11 is 0. The molecule has 0 aliphatic carbocycles. The van der Waals surface area contributed by atoms with Gasteiger partial charge in [-0.05, 0) is 37.7 Å². The highest BCUT2D eigenvalue weighted by atomic mass is 16.5. The highest BCUT2D eigenvalue weighted by Gasteiger charge is 2.12. The number of carbonyl (C=O) groups excluding carboxylic acids is 1. The second-order valence-corrected chi connectivity index (χ2v) is 7.72. The summed E-state index contributed by atoms with van der Waals surface area (Å²) in [5, 5.41) is 3.62. The van der Waals surface area contributed by atoms with Crippen LogP contribution in [0.1, 0.15) is 6.92 Å². The molecule has 2 heterocycles. The van der Waals surface area contributed by atoms with Crippen LogP contribution in [0.4, 0.5) is 5.69 Å². The molecule has 2 aromatic heterocycles. The molecule has 1 aromatic carbocycles. The van der Waals surface area contributed by atoms with Gasteiger partial charge in [0.05, 0.1) is 38.2 Å². The molecule has 0 saturated carbocycles. The summed E-state index contributed by atoms with van der Waals surface area (Å²) in [6.45, 7) is 6.55. The fourth-order valence-electron chi connectivity index (χ4n) is 3.50. The van der Waals surface area contributed by atoms with Gasteiger partial charge in [0.1, 0.15) is 5.75 Å². The second-order valence-electron chi connectivity index (χ2n) is 7.72. The number of amides is 1. The van der Waals surface area contributed by atoms with Crippen LogP contribution in [-0.4, -0.2) is 55.1 Å². The van der Waals surface area contributed by atoms with Crippen LogP contribution in [0, 0.1) is 0 Å². The average Bonchev–Trinajstić information content (AvgIpc) is 2.84. The van der Waals surface area contributed by atoms with Crippen molar-refractivity contribution in [2.45, 2.75) is 6.92 Å². The number of likely N-dealkylation sites (N-methyl/N-ethyl adjacent to an activating group) is 1. The lowest BCUT2D eigenvalue weighted by molar-refractivity contribution is -0.116. The van der Waals surface area contributed by atoms with Gasteiger partial charge in [-0.1, -0.05) is 30.9 Å². The number of rotatable bonds is 11. The lowest BCUT2D eigenvalue weighted by Crippen LogP contribution is -2.31. The number of fused-ring (bicyclic) bond motifs is 1. The van der Waals surface area contributed by atoms with E-state index in [0.29, 0.717) is 40.9 Å². The molecule has 3 aromatic rings. The van der Waals surface area contributed by atoms with Gasteiger partial charge < -0.3 is 19.5 Å². The maximum absolute atomic E-state index is 12.5. The number of nitrogens with one attached hydrogen (secondary N) is 1. The van der Waals surface area contributed by atoms with Crippen molar-refractivity contribution in [2.24, 2.45) is 0 Å². The molecule has 3 rings (SSSR count). The molecule has 0 spiro atoms. The first kappa shape index (κ1) is 25.5. The van der Waals surface area contributed by atoms with E-state index in [1.165, 1.54) is 0 Å². The number of hydrogen-bond acceptors (Lipinski definition) is 7. The van der Waals surface area contributed by atoms with Gasteiger partial charge in [0.15, 0.2) is 11.5 Å². The smallest absolute Gasteiger partial charge is 0.238 e. The number of pyridine rings is 2. The minimum atomic E-state index is -0.137. The SMILES string of the molecule is C=C/C=C(\C=C/C)CN(C)CC(=O)Nc1ccc(Oc2ccnc3cc(OC)c(OC)cc23)nc1. The van der Waals surface area contributed by atoms with Crippen LogP contribution >= 0.6 is 0 Å². The molecule has 0 aliphatic rings. The van der Waals surface area contributed by atoms with E-state index in [-0.39, 0.29) is 12.5 Å². The quantitative estimate of drug-likeness (QED) is 0.392. The van der Waals surface area contributed by atoms with Gasteiger partial charge in [-0.2, -0.15) is 0 Å². The number of nitrogens with zero attached hydrogens (tertiary/aromatic N) is 3. The fraction of sp³-hybridized carbons (Fsp3) is 0.222. The monoisotopic (exact) mass is 474 g/mol. The van der Waals surface area contributed by atoms with Crippen molar-refractivity contribution in [3.05, 3.63) is 79.2 Å². The second kappa shape index (κ2) is 12.3. The van der Waals surface area contributed by atoms with E-state index in [1.54, 1.807) is 57.0 Å². The van der Waals surface area contributed by atoms with Gasteiger partial charge in [-0.15, -0.1) is 0 Å². The zero-order valence-corrected chi connectivity index (χ0v) is 20.4. The van der Waals surface area contributed by atoms with Crippen molar-refractivity contribution >= 4 is 22.5 Å². The Morgan fingerprint density at radius 3 is 2.51 bits per heavy atom. The van der Waals surface area contributed by atoms with E-state index in [1.807, 2.05) is 43.2 Å². The summed E-state index contributed by atoms with van der Waals surface area (Å²) in [6.07, 6.45) is 10.8. The zero-order chi connectivity index (χ0) is 25.2. The van der Waals surface area contributed by atoms with Crippen LogP contribution in [0.25, 0.3) is 10.9 Å². The minimum Gasteiger partial charge on any atom is -0.493 e. The molecule has 0 radical (unpaired) electrons. The third kappa shape index (κ3) is 6.91. The molecule has 0 unspecified atom stereocenters. The molecular weight excluding hydrogens is 444 g/mol. The molecule has 1 amide bonds. The van der Waals surface area contributed by atoms with Crippen molar-refractivity contribution in [1.29, 1.82) is 0 Å². The molecule has 0 atom stereocenters. The Morgan fingerprint density at radius 2 is 1.86 bits per heavy atom. The summed E-state index contributed by atoms with van der Waals surface area (Å²) in [5.41, 5.74) is 2.35. The number of allylic oxidation sites excluding steroid dienone is 3. The van der Waals surface area contributed by atoms with E-state index < -0.39 is 0 Å². The lowest BCUT2D eigenvalue weighted by Gasteiger charge is -2.17. The van der Waals surface area contributed by atoms with Crippen LogP contribution in [0.2, 0.25) is 0 Å². The highest BCUT2D eigenvalue weighted by Crippen LogP contribution is 2.36. The van der Waals surface area contributed by atoms with E-state index in [9.17, 15) is 4.79 Å². The molecule has 8 heteroatoms. The first-order valence-electron chi connectivity index (χ1n) is 11.0. The maximum atomic E-state index is 12.5. The summed E-state index contributed by atoms with van der Waals surface area (Å²) in [4.78, 5) is 23.1. The predicted molar refractivity (Wildman–Crippen MR) is 138 cm³/mol. The lowest BCUT2D eigenvalue weighted by atomic mass is 10.2. The molecule has 8 nitrogen and oxygen atoms in total. The van der Waals surface area contributed by atoms with Gasteiger partial charge >= 0.3 is 0 Å². The van der Waals surface area contributed by atoms with Crippen molar-refractivity contribution in [3.8, 4) is 23.1 Å². The van der Waals surface area contributed by atoms with Crippen LogP contribution in [0.15, 0.2) is 79.2 Å². The highest BCUT2D eigenvalue weighted by molar-refractivity contribution is 5.92. The first-order valence-corrected chi connectivity index (χ1v) is 11.0.